The molecule has 3 aromatic rings. The molecule has 3 aromatic carbocycles. The molecule has 3 fully saturated rings. The van der Waals surface area contributed by atoms with Crippen molar-refractivity contribution in [3.05, 3.63) is 98.5 Å². The van der Waals surface area contributed by atoms with Gasteiger partial charge >= 0.3 is 0 Å². The molecule has 0 bridgehead atoms. The molecule has 0 spiro atoms. The largest absolute Gasteiger partial charge is 0.508 e. The van der Waals surface area contributed by atoms with Crippen LogP contribution in [0.4, 0.5) is 5.69 Å². The Kier molecular flexibility index (Phi) is 7.34. The van der Waals surface area contributed by atoms with Crippen LogP contribution in [0.2, 0.25) is 15.1 Å². The maximum atomic E-state index is 15.1. The van der Waals surface area contributed by atoms with Crippen molar-refractivity contribution >= 4 is 64.1 Å². The fourth-order valence-electron chi connectivity index (χ4n) is 8.10. The fraction of sp³-hybridized carbons (Fsp3) is 0.294. The minimum Gasteiger partial charge on any atom is -0.508 e. The topological polar surface area (TPSA) is 116 Å². The van der Waals surface area contributed by atoms with Gasteiger partial charge in [-0.1, -0.05) is 58.6 Å². The number of hydrogen-bond acceptors (Lipinski definition) is 7. The van der Waals surface area contributed by atoms with Crippen LogP contribution in [0, 0.1) is 23.7 Å². The summed E-state index contributed by atoms with van der Waals surface area (Å²) in [6.45, 7) is 0. The summed E-state index contributed by atoms with van der Waals surface area (Å²) < 4.78 is 5.40. The number of nitrogens with one attached hydrogen (secondary N) is 1. The number of rotatable bonds is 5. The first-order valence-electron chi connectivity index (χ1n) is 14.7. The quantitative estimate of drug-likeness (QED) is 0.252. The number of hydrogen-bond donors (Lipinski definition) is 2. The molecule has 4 amide bonds. The van der Waals surface area contributed by atoms with Crippen molar-refractivity contribution < 1.29 is 29.0 Å². The maximum absolute atomic E-state index is 15.1. The SMILES string of the molecule is COc1ccc(C23C(=O)N(Nc4ccc(Cl)cc4Cl)C(=O)C2CC2C(=CCC4C(=O)N(C)C(=O)C42)C3c2cc(Cl)ccc2O)cc1. The number of anilines is 1. The van der Waals surface area contributed by atoms with Crippen LogP contribution >= 0.6 is 34.8 Å². The van der Waals surface area contributed by atoms with Crippen molar-refractivity contribution in [3.8, 4) is 11.5 Å². The number of aromatic hydroxyl groups is 1. The van der Waals surface area contributed by atoms with Gasteiger partial charge in [0.05, 0.1) is 41.0 Å². The Morgan fingerprint density at radius 3 is 2.28 bits per heavy atom. The second-order valence-corrected chi connectivity index (χ2v) is 13.4. The van der Waals surface area contributed by atoms with Gasteiger partial charge in [0.15, 0.2) is 0 Å². The van der Waals surface area contributed by atoms with Crippen LogP contribution in [0.15, 0.2) is 72.3 Å². The minimum absolute atomic E-state index is 0.112. The highest BCUT2D eigenvalue weighted by Gasteiger charge is 2.70. The average molecular weight is 681 g/mol. The number of nitrogens with zero attached hydrogens (tertiary/aromatic N) is 2. The number of hydrazine groups is 1. The molecule has 2 saturated heterocycles. The van der Waals surface area contributed by atoms with Crippen molar-refractivity contribution in [2.75, 3.05) is 19.6 Å². The first kappa shape index (κ1) is 30.6. The van der Waals surface area contributed by atoms with Gasteiger partial charge in [-0.25, -0.2) is 0 Å². The molecule has 2 aliphatic carbocycles. The maximum Gasteiger partial charge on any atom is 0.260 e. The highest BCUT2D eigenvalue weighted by atomic mass is 35.5. The summed E-state index contributed by atoms with van der Waals surface area (Å²) in [4.78, 5) is 57.6. The number of carbonyl (C=O) groups excluding carboxylic acids is 4. The van der Waals surface area contributed by atoms with Crippen molar-refractivity contribution in [1.29, 1.82) is 0 Å². The number of fused-ring (bicyclic) bond motifs is 4. The highest BCUT2D eigenvalue weighted by Crippen LogP contribution is 2.65. The third-order valence-corrected chi connectivity index (χ3v) is 10.9. The van der Waals surface area contributed by atoms with E-state index in [1.54, 1.807) is 42.5 Å². The molecule has 6 unspecified atom stereocenters. The first-order valence-corrected chi connectivity index (χ1v) is 15.9. The van der Waals surface area contributed by atoms with Gasteiger partial charge in [-0.05, 0) is 72.9 Å². The monoisotopic (exact) mass is 679 g/mol. The van der Waals surface area contributed by atoms with E-state index in [1.807, 2.05) is 6.08 Å². The Balaban J connectivity index is 1.49. The molecule has 0 aromatic heterocycles. The lowest BCUT2D eigenvalue weighted by Gasteiger charge is -2.50. The number of allylic oxidation sites excluding steroid dienone is 2. The minimum atomic E-state index is -1.59. The van der Waals surface area contributed by atoms with Crippen molar-refractivity contribution in [2.24, 2.45) is 23.7 Å². The normalized spacial score (nSPS) is 28.5. The Labute approximate surface area is 279 Å². The van der Waals surface area contributed by atoms with Crippen molar-refractivity contribution in [2.45, 2.75) is 24.2 Å². The summed E-state index contributed by atoms with van der Waals surface area (Å²) in [7, 11) is 3.00. The van der Waals surface area contributed by atoms with Gasteiger partial charge in [0.1, 0.15) is 11.5 Å². The standard InChI is InChI=1S/C34H28Cl3N3O6/c1-39-30(42)21-10-9-20-22(28(21)32(39)44)15-24-31(43)40(38-26-11-5-18(36)14-25(26)37)33(45)34(24,16-3-7-19(46-2)8-4-16)29(20)23-13-17(35)6-12-27(23)41/h3-9,11-14,21-22,24,28-29,38,41H,10,15H2,1-2H3. The van der Waals surface area contributed by atoms with E-state index in [-0.39, 0.29) is 41.1 Å². The van der Waals surface area contributed by atoms with E-state index in [4.69, 9.17) is 39.5 Å². The van der Waals surface area contributed by atoms with Gasteiger partial charge in [-0.15, -0.1) is 0 Å². The molecule has 46 heavy (non-hydrogen) atoms. The Bertz CT molecular complexity index is 1860. The smallest absolute Gasteiger partial charge is 0.260 e. The zero-order chi connectivity index (χ0) is 32.7. The molecule has 2 aliphatic heterocycles. The lowest BCUT2D eigenvalue weighted by molar-refractivity contribution is -0.140. The average Bonchev–Trinajstić information content (AvgIpc) is 3.40. The van der Waals surface area contributed by atoms with Crippen LogP contribution in [0.3, 0.4) is 0 Å². The first-order chi connectivity index (χ1) is 22.0. The molecule has 1 saturated carbocycles. The number of methoxy groups -OCH3 is 1. The zero-order valence-electron chi connectivity index (χ0n) is 24.7. The van der Waals surface area contributed by atoms with Gasteiger partial charge in [-0.3, -0.25) is 29.5 Å². The molecular weight excluding hydrogens is 653 g/mol. The van der Waals surface area contributed by atoms with Crippen LogP contribution < -0.4 is 10.2 Å². The van der Waals surface area contributed by atoms with E-state index in [0.29, 0.717) is 32.5 Å². The number of phenols is 1. The number of imide groups is 2. The molecule has 2 heterocycles. The number of benzene rings is 3. The molecule has 12 heteroatoms. The predicted octanol–water partition coefficient (Wildman–Crippen LogP) is 5.98. The Hall–Kier alpha value is -4.05. The number of phenolic OH excluding ortho intramolecular Hbond substituents is 1. The van der Waals surface area contributed by atoms with Gasteiger partial charge < -0.3 is 9.84 Å². The van der Waals surface area contributed by atoms with Crippen LogP contribution in [-0.4, -0.2) is 52.8 Å². The Morgan fingerprint density at radius 1 is 0.891 bits per heavy atom. The van der Waals surface area contributed by atoms with Crippen molar-refractivity contribution in [3.63, 3.8) is 0 Å². The molecule has 4 aliphatic rings. The number of likely N-dealkylation sites (tertiary alicyclic amines) is 1. The van der Waals surface area contributed by atoms with E-state index >= 15 is 4.79 Å². The lowest BCUT2D eigenvalue weighted by atomic mass is 9.49. The van der Waals surface area contributed by atoms with E-state index < -0.39 is 46.8 Å². The lowest BCUT2D eigenvalue weighted by Crippen LogP contribution is -2.53. The molecular formula is C34H28Cl3N3O6. The van der Waals surface area contributed by atoms with Crippen LogP contribution in [0.5, 0.6) is 11.5 Å². The number of amides is 4. The van der Waals surface area contributed by atoms with E-state index in [0.717, 1.165) is 9.91 Å². The van der Waals surface area contributed by atoms with E-state index in [1.165, 1.54) is 32.4 Å². The molecule has 7 rings (SSSR count). The molecule has 0 radical (unpaired) electrons. The molecule has 236 valence electrons. The zero-order valence-corrected chi connectivity index (χ0v) is 26.9. The predicted molar refractivity (Wildman–Crippen MR) is 172 cm³/mol. The number of halogens is 3. The van der Waals surface area contributed by atoms with Crippen molar-refractivity contribution in [1.82, 2.24) is 9.91 Å². The summed E-state index contributed by atoms with van der Waals surface area (Å²) in [6.07, 6.45) is 2.30. The molecule has 6 atom stereocenters. The Morgan fingerprint density at radius 2 is 1.59 bits per heavy atom. The third-order valence-electron chi connectivity index (χ3n) is 10.1. The van der Waals surface area contributed by atoms with Gasteiger partial charge in [0.2, 0.25) is 11.8 Å². The van der Waals surface area contributed by atoms with Crippen LogP contribution in [0.25, 0.3) is 0 Å². The van der Waals surface area contributed by atoms with Gasteiger partial charge in [0.25, 0.3) is 11.8 Å². The second kappa shape index (κ2) is 11.0. The molecule has 2 N–H and O–H groups in total. The second-order valence-electron chi connectivity index (χ2n) is 12.2. The number of ether oxygens (including phenoxy) is 1. The van der Waals surface area contributed by atoms with Crippen LogP contribution in [-0.2, 0) is 24.6 Å². The fourth-order valence-corrected chi connectivity index (χ4v) is 8.73. The summed E-state index contributed by atoms with van der Waals surface area (Å²) in [5.41, 5.74) is 3.18. The van der Waals surface area contributed by atoms with Gasteiger partial charge in [0, 0.05) is 28.6 Å². The summed E-state index contributed by atoms with van der Waals surface area (Å²) >= 11 is 19.1. The third kappa shape index (κ3) is 4.28. The molecule has 9 nitrogen and oxygen atoms in total. The number of carbonyl (C=O) groups is 4. The van der Waals surface area contributed by atoms with Crippen LogP contribution in [0.1, 0.15) is 29.9 Å². The summed E-state index contributed by atoms with van der Waals surface area (Å²) in [6, 6.07) is 16.1. The summed E-state index contributed by atoms with van der Waals surface area (Å²) in [5, 5.41) is 13.3. The van der Waals surface area contributed by atoms with Gasteiger partial charge in [-0.2, -0.15) is 5.01 Å². The summed E-state index contributed by atoms with van der Waals surface area (Å²) in [5.74, 6) is -5.07. The highest BCUT2D eigenvalue weighted by molar-refractivity contribution is 6.36. The van der Waals surface area contributed by atoms with E-state index in [9.17, 15) is 19.5 Å². The van der Waals surface area contributed by atoms with E-state index in [2.05, 4.69) is 5.43 Å².